The SMILES string of the molecule is Cc1ncccc1-n1c(=O)c2nn(C)cc2c2cc(F)c(C3CC3)nc21. The summed E-state index contributed by atoms with van der Waals surface area (Å²) in [4.78, 5) is 22.1. The third kappa shape index (κ3) is 2.09. The van der Waals surface area contributed by atoms with Crippen molar-refractivity contribution in [2.24, 2.45) is 7.05 Å². The van der Waals surface area contributed by atoms with E-state index in [0.29, 0.717) is 39.0 Å². The summed E-state index contributed by atoms with van der Waals surface area (Å²) in [6, 6.07) is 5.08. The van der Waals surface area contributed by atoms with Crippen LogP contribution in [0.5, 0.6) is 0 Å². The number of halogens is 1. The molecule has 0 bridgehead atoms. The van der Waals surface area contributed by atoms with Gasteiger partial charge in [-0.2, -0.15) is 5.10 Å². The fraction of sp³-hybridized carbons (Fsp3) is 0.263. The Bertz CT molecular complexity index is 1250. The molecule has 1 aliphatic carbocycles. The van der Waals surface area contributed by atoms with Crippen molar-refractivity contribution in [2.75, 3.05) is 0 Å². The summed E-state index contributed by atoms with van der Waals surface area (Å²) >= 11 is 0. The maximum atomic E-state index is 14.7. The lowest BCUT2D eigenvalue weighted by atomic mass is 10.1. The number of rotatable bonds is 2. The molecule has 0 aromatic carbocycles. The average Bonchev–Trinajstić information content (AvgIpc) is 3.38. The second-order valence-corrected chi connectivity index (χ2v) is 6.81. The number of hydrogen-bond donors (Lipinski definition) is 0. The molecule has 7 heteroatoms. The van der Waals surface area contributed by atoms with Crippen LogP contribution in [-0.4, -0.2) is 24.3 Å². The van der Waals surface area contributed by atoms with Gasteiger partial charge in [-0.15, -0.1) is 0 Å². The molecule has 0 amide bonds. The van der Waals surface area contributed by atoms with Gasteiger partial charge in [-0.25, -0.2) is 9.37 Å². The number of nitrogens with zero attached hydrogens (tertiary/aromatic N) is 5. The van der Waals surface area contributed by atoms with E-state index in [1.54, 1.807) is 30.2 Å². The van der Waals surface area contributed by atoms with Gasteiger partial charge in [0.05, 0.1) is 17.1 Å². The molecule has 4 aromatic heterocycles. The molecule has 6 nitrogen and oxygen atoms in total. The molecule has 1 fully saturated rings. The van der Waals surface area contributed by atoms with E-state index in [-0.39, 0.29) is 17.3 Å². The Kier molecular flexibility index (Phi) is 3.04. The van der Waals surface area contributed by atoms with Gasteiger partial charge in [0.1, 0.15) is 11.5 Å². The van der Waals surface area contributed by atoms with Crippen molar-refractivity contribution in [3.8, 4) is 5.69 Å². The summed E-state index contributed by atoms with van der Waals surface area (Å²) < 4.78 is 17.7. The lowest BCUT2D eigenvalue weighted by molar-refractivity contribution is 0.603. The third-order valence-corrected chi connectivity index (χ3v) is 4.90. The second-order valence-electron chi connectivity index (χ2n) is 6.81. The summed E-state index contributed by atoms with van der Waals surface area (Å²) in [6.07, 6.45) is 5.27. The van der Waals surface area contributed by atoms with E-state index in [0.717, 1.165) is 12.8 Å². The van der Waals surface area contributed by atoms with Gasteiger partial charge in [0.2, 0.25) is 0 Å². The normalized spacial score (nSPS) is 14.4. The van der Waals surface area contributed by atoms with Gasteiger partial charge in [-0.1, -0.05) is 0 Å². The van der Waals surface area contributed by atoms with Crippen LogP contribution in [-0.2, 0) is 7.05 Å². The van der Waals surface area contributed by atoms with Crippen molar-refractivity contribution in [1.82, 2.24) is 24.3 Å². The Morgan fingerprint density at radius 2 is 2.08 bits per heavy atom. The molecule has 1 saturated carbocycles. The first-order valence-corrected chi connectivity index (χ1v) is 8.55. The zero-order valence-corrected chi connectivity index (χ0v) is 14.4. The second kappa shape index (κ2) is 5.20. The predicted octanol–water partition coefficient (Wildman–Crippen LogP) is 2.99. The molecule has 4 aromatic rings. The first kappa shape index (κ1) is 15.2. The molecule has 5 rings (SSSR count). The van der Waals surface area contributed by atoms with Gasteiger partial charge in [0.25, 0.3) is 5.56 Å². The van der Waals surface area contributed by atoms with E-state index < -0.39 is 0 Å². The standard InChI is InChI=1S/C19H16FN5O/c1-10-15(4-3-7-21-10)25-18-12(8-14(20)16(22-18)11-5-6-11)13-9-24(2)23-17(13)19(25)26/h3-4,7-9,11H,5-6H2,1-2H3. The van der Waals surface area contributed by atoms with E-state index in [9.17, 15) is 9.18 Å². The number of pyridine rings is 3. The molecule has 130 valence electrons. The van der Waals surface area contributed by atoms with Crippen LogP contribution in [0.3, 0.4) is 0 Å². The Morgan fingerprint density at radius 1 is 1.27 bits per heavy atom. The molecule has 26 heavy (non-hydrogen) atoms. The Morgan fingerprint density at radius 3 is 2.81 bits per heavy atom. The molecule has 0 atom stereocenters. The highest BCUT2D eigenvalue weighted by Gasteiger charge is 2.30. The van der Waals surface area contributed by atoms with Gasteiger partial charge in [-0.3, -0.25) is 19.0 Å². The van der Waals surface area contributed by atoms with Crippen LogP contribution in [0.4, 0.5) is 4.39 Å². The highest BCUT2D eigenvalue weighted by atomic mass is 19.1. The average molecular weight is 349 g/mol. The van der Waals surface area contributed by atoms with Gasteiger partial charge in [0.15, 0.2) is 5.52 Å². The van der Waals surface area contributed by atoms with Crippen LogP contribution < -0.4 is 5.56 Å². The van der Waals surface area contributed by atoms with E-state index in [1.807, 2.05) is 13.0 Å². The molecule has 0 N–H and O–H groups in total. The number of hydrogen-bond acceptors (Lipinski definition) is 4. The number of aromatic nitrogens is 5. The lowest BCUT2D eigenvalue weighted by Gasteiger charge is -2.13. The van der Waals surface area contributed by atoms with Gasteiger partial charge < -0.3 is 0 Å². The topological polar surface area (TPSA) is 65.6 Å². The Balaban J connectivity index is 2.01. The minimum atomic E-state index is -0.321. The summed E-state index contributed by atoms with van der Waals surface area (Å²) in [5, 5.41) is 5.48. The van der Waals surface area contributed by atoms with E-state index in [1.165, 1.54) is 10.6 Å². The molecule has 0 unspecified atom stereocenters. The molecular formula is C19H16FN5O. The summed E-state index contributed by atoms with van der Waals surface area (Å²) in [5.41, 5.74) is 2.25. The number of fused-ring (bicyclic) bond motifs is 3. The Labute approximate surface area is 147 Å². The fourth-order valence-electron chi connectivity index (χ4n) is 3.49. The molecular weight excluding hydrogens is 333 g/mol. The van der Waals surface area contributed by atoms with Gasteiger partial charge >= 0.3 is 0 Å². The van der Waals surface area contributed by atoms with Crippen LogP contribution in [0.25, 0.3) is 27.6 Å². The largest absolute Gasteiger partial charge is 0.285 e. The maximum Gasteiger partial charge on any atom is 0.285 e. The minimum absolute atomic E-state index is 0.141. The summed E-state index contributed by atoms with van der Waals surface area (Å²) in [5.74, 6) is -0.180. The van der Waals surface area contributed by atoms with Crippen LogP contribution in [0.15, 0.2) is 35.4 Å². The summed E-state index contributed by atoms with van der Waals surface area (Å²) in [6.45, 7) is 1.83. The monoisotopic (exact) mass is 349 g/mol. The van der Waals surface area contributed by atoms with Crippen molar-refractivity contribution in [1.29, 1.82) is 0 Å². The van der Waals surface area contributed by atoms with Gasteiger partial charge in [-0.05, 0) is 38.0 Å². The molecule has 4 heterocycles. The zero-order chi connectivity index (χ0) is 18.0. The molecule has 0 spiro atoms. The van der Waals surface area contributed by atoms with E-state index >= 15 is 0 Å². The molecule has 0 radical (unpaired) electrons. The quantitative estimate of drug-likeness (QED) is 0.558. The smallest absolute Gasteiger partial charge is 0.274 e. The fourth-order valence-corrected chi connectivity index (χ4v) is 3.49. The van der Waals surface area contributed by atoms with E-state index in [2.05, 4.69) is 15.1 Å². The molecule has 0 aliphatic heterocycles. The van der Waals surface area contributed by atoms with Crippen molar-refractivity contribution in [3.05, 3.63) is 58.2 Å². The summed E-state index contributed by atoms with van der Waals surface area (Å²) in [7, 11) is 1.74. The minimum Gasteiger partial charge on any atom is -0.274 e. The lowest BCUT2D eigenvalue weighted by Crippen LogP contribution is -2.22. The zero-order valence-electron chi connectivity index (χ0n) is 14.4. The van der Waals surface area contributed by atoms with Gasteiger partial charge in [0, 0.05) is 36.1 Å². The van der Waals surface area contributed by atoms with Crippen LogP contribution in [0.2, 0.25) is 0 Å². The first-order chi connectivity index (χ1) is 12.5. The highest BCUT2D eigenvalue weighted by molar-refractivity contribution is 6.03. The van der Waals surface area contributed by atoms with Crippen LogP contribution >= 0.6 is 0 Å². The van der Waals surface area contributed by atoms with Crippen molar-refractivity contribution in [2.45, 2.75) is 25.7 Å². The maximum absolute atomic E-state index is 14.7. The molecule has 1 aliphatic rings. The van der Waals surface area contributed by atoms with Crippen molar-refractivity contribution < 1.29 is 4.39 Å². The van der Waals surface area contributed by atoms with Crippen LogP contribution in [0, 0.1) is 12.7 Å². The first-order valence-electron chi connectivity index (χ1n) is 8.55. The number of aryl methyl sites for hydroxylation is 2. The van der Waals surface area contributed by atoms with Crippen molar-refractivity contribution in [3.63, 3.8) is 0 Å². The third-order valence-electron chi connectivity index (χ3n) is 4.90. The molecule has 0 saturated heterocycles. The predicted molar refractivity (Wildman–Crippen MR) is 96.1 cm³/mol. The van der Waals surface area contributed by atoms with Crippen LogP contribution in [0.1, 0.15) is 30.1 Å². The highest BCUT2D eigenvalue weighted by Crippen LogP contribution is 2.41. The van der Waals surface area contributed by atoms with Crippen molar-refractivity contribution >= 4 is 21.9 Å². The Hall–Kier alpha value is -3.09. The van der Waals surface area contributed by atoms with E-state index in [4.69, 9.17) is 0 Å².